The molecule has 2 rings (SSSR count). The maximum absolute atomic E-state index is 12.2. The lowest BCUT2D eigenvalue weighted by Crippen LogP contribution is -2.31. The molecule has 0 aliphatic rings. The summed E-state index contributed by atoms with van der Waals surface area (Å²) in [5.41, 5.74) is 3.10. The second-order valence-electron chi connectivity index (χ2n) is 6.29. The maximum Gasteiger partial charge on any atom is 0.338 e. The SMILES string of the molecule is COc1ccc(OC)c([C@@H](C)NC(=O)COC(=O)c2ccc(C)cc2C)c1. The van der Waals surface area contributed by atoms with Gasteiger partial charge in [-0.25, -0.2) is 4.79 Å². The van der Waals surface area contributed by atoms with Gasteiger partial charge in [-0.2, -0.15) is 0 Å². The Morgan fingerprint density at radius 1 is 1.04 bits per heavy atom. The molecule has 1 amide bonds. The van der Waals surface area contributed by atoms with Gasteiger partial charge in [-0.1, -0.05) is 17.7 Å². The summed E-state index contributed by atoms with van der Waals surface area (Å²) >= 11 is 0. The van der Waals surface area contributed by atoms with E-state index in [1.807, 2.05) is 32.9 Å². The molecule has 6 nitrogen and oxygen atoms in total. The topological polar surface area (TPSA) is 73.9 Å². The van der Waals surface area contributed by atoms with Gasteiger partial charge in [0, 0.05) is 5.56 Å². The zero-order chi connectivity index (χ0) is 20.0. The Balaban J connectivity index is 1.98. The number of amides is 1. The van der Waals surface area contributed by atoms with Gasteiger partial charge in [0.2, 0.25) is 0 Å². The average Bonchev–Trinajstić information content (AvgIpc) is 2.65. The Labute approximate surface area is 159 Å². The van der Waals surface area contributed by atoms with Crippen LogP contribution in [-0.2, 0) is 9.53 Å². The van der Waals surface area contributed by atoms with Crippen molar-refractivity contribution in [2.75, 3.05) is 20.8 Å². The monoisotopic (exact) mass is 371 g/mol. The molecule has 2 aromatic carbocycles. The minimum Gasteiger partial charge on any atom is -0.497 e. The third-order valence-electron chi connectivity index (χ3n) is 4.22. The second kappa shape index (κ2) is 9.07. The van der Waals surface area contributed by atoms with Crippen molar-refractivity contribution >= 4 is 11.9 Å². The summed E-state index contributed by atoms with van der Waals surface area (Å²) in [7, 11) is 3.13. The van der Waals surface area contributed by atoms with Crippen LogP contribution in [0.4, 0.5) is 0 Å². The molecule has 0 saturated carbocycles. The number of hydrogen-bond acceptors (Lipinski definition) is 5. The zero-order valence-electron chi connectivity index (χ0n) is 16.3. The first-order valence-corrected chi connectivity index (χ1v) is 8.61. The summed E-state index contributed by atoms with van der Waals surface area (Å²) in [5, 5.41) is 2.80. The summed E-state index contributed by atoms with van der Waals surface area (Å²) in [4.78, 5) is 24.4. The molecule has 0 unspecified atom stereocenters. The Hall–Kier alpha value is -3.02. The lowest BCUT2D eigenvalue weighted by molar-refractivity contribution is -0.124. The number of rotatable bonds is 7. The lowest BCUT2D eigenvalue weighted by atomic mass is 10.1. The minimum atomic E-state index is -0.519. The third-order valence-corrected chi connectivity index (χ3v) is 4.22. The first kappa shape index (κ1) is 20.3. The quantitative estimate of drug-likeness (QED) is 0.756. The Kier molecular flexibility index (Phi) is 6.82. The van der Waals surface area contributed by atoms with Gasteiger partial charge in [0.05, 0.1) is 25.8 Å². The van der Waals surface area contributed by atoms with E-state index in [0.717, 1.165) is 16.7 Å². The normalized spacial score (nSPS) is 11.4. The van der Waals surface area contributed by atoms with Crippen LogP contribution in [0.25, 0.3) is 0 Å². The number of benzene rings is 2. The van der Waals surface area contributed by atoms with Gasteiger partial charge in [0.1, 0.15) is 11.5 Å². The van der Waals surface area contributed by atoms with Crippen LogP contribution in [0.5, 0.6) is 11.5 Å². The van der Waals surface area contributed by atoms with Crippen molar-refractivity contribution in [1.82, 2.24) is 5.32 Å². The van der Waals surface area contributed by atoms with Gasteiger partial charge in [-0.15, -0.1) is 0 Å². The first-order valence-electron chi connectivity index (χ1n) is 8.61. The van der Waals surface area contributed by atoms with E-state index in [1.165, 1.54) is 0 Å². The van der Waals surface area contributed by atoms with Crippen LogP contribution >= 0.6 is 0 Å². The fourth-order valence-electron chi connectivity index (χ4n) is 2.79. The zero-order valence-corrected chi connectivity index (χ0v) is 16.3. The van der Waals surface area contributed by atoms with Crippen molar-refractivity contribution in [2.45, 2.75) is 26.8 Å². The predicted molar refractivity (Wildman–Crippen MR) is 102 cm³/mol. The number of carbonyl (C=O) groups excluding carboxylic acids is 2. The molecule has 0 aliphatic heterocycles. The van der Waals surface area contributed by atoms with Crippen LogP contribution in [0.2, 0.25) is 0 Å². The van der Waals surface area contributed by atoms with Gasteiger partial charge >= 0.3 is 5.97 Å². The van der Waals surface area contributed by atoms with Gasteiger partial charge in [0.15, 0.2) is 6.61 Å². The molecule has 2 aromatic rings. The predicted octanol–water partition coefficient (Wildman–Crippen LogP) is 3.35. The molecule has 0 aromatic heterocycles. The van der Waals surface area contributed by atoms with Crippen molar-refractivity contribution in [3.05, 3.63) is 58.7 Å². The maximum atomic E-state index is 12.2. The molecule has 0 saturated heterocycles. The first-order chi connectivity index (χ1) is 12.8. The van der Waals surface area contributed by atoms with Crippen molar-refractivity contribution < 1.29 is 23.8 Å². The molecular formula is C21H25NO5. The van der Waals surface area contributed by atoms with E-state index in [2.05, 4.69) is 5.32 Å². The van der Waals surface area contributed by atoms with Crippen LogP contribution in [0.1, 0.15) is 40.0 Å². The number of carbonyl (C=O) groups is 2. The largest absolute Gasteiger partial charge is 0.497 e. The Morgan fingerprint density at radius 3 is 2.41 bits per heavy atom. The van der Waals surface area contributed by atoms with E-state index < -0.39 is 11.9 Å². The molecular weight excluding hydrogens is 346 g/mol. The van der Waals surface area contributed by atoms with E-state index in [0.29, 0.717) is 17.1 Å². The number of methoxy groups -OCH3 is 2. The van der Waals surface area contributed by atoms with Crippen LogP contribution in [0.3, 0.4) is 0 Å². The second-order valence-corrected chi connectivity index (χ2v) is 6.29. The van der Waals surface area contributed by atoms with Crippen LogP contribution in [0, 0.1) is 13.8 Å². The number of aryl methyl sites for hydroxylation is 2. The Bertz CT molecular complexity index is 831. The summed E-state index contributed by atoms with van der Waals surface area (Å²) in [6.45, 7) is 5.24. The van der Waals surface area contributed by atoms with Gasteiger partial charge in [-0.3, -0.25) is 4.79 Å². The lowest BCUT2D eigenvalue weighted by Gasteiger charge is -2.18. The fourth-order valence-corrected chi connectivity index (χ4v) is 2.79. The third kappa shape index (κ3) is 5.23. The standard InChI is InChI=1S/C21H25NO5/c1-13-6-8-17(14(2)10-13)21(24)27-12-20(23)22-15(3)18-11-16(25-4)7-9-19(18)26-5/h6-11,15H,12H2,1-5H3,(H,22,23)/t15-/m1/s1. The van der Waals surface area contributed by atoms with Crippen LogP contribution in [-0.4, -0.2) is 32.7 Å². The smallest absolute Gasteiger partial charge is 0.338 e. The van der Waals surface area contributed by atoms with Crippen LogP contribution < -0.4 is 14.8 Å². The molecule has 0 radical (unpaired) electrons. The minimum absolute atomic E-state index is 0.345. The fraction of sp³-hybridized carbons (Fsp3) is 0.333. The molecule has 0 fully saturated rings. The van der Waals surface area contributed by atoms with E-state index in [4.69, 9.17) is 14.2 Å². The number of hydrogen-bond donors (Lipinski definition) is 1. The van der Waals surface area contributed by atoms with Gasteiger partial charge in [0.25, 0.3) is 5.91 Å². The highest BCUT2D eigenvalue weighted by Crippen LogP contribution is 2.29. The molecule has 0 heterocycles. The number of ether oxygens (including phenoxy) is 3. The average molecular weight is 371 g/mol. The molecule has 6 heteroatoms. The highest BCUT2D eigenvalue weighted by atomic mass is 16.5. The van der Waals surface area contributed by atoms with E-state index in [-0.39, 0.29) is 12.6 Å². The highest BCUT2D eigenvalue weighted by Gasteiger charge is 2.17. The summed E-state index contributed by atoms with van der Waals surface area (Å²) < 4.78 is 15.7. The summed E-state index contributed by atoms with van der Waals surface area (Å²) in [5.74, 6) is 0.379. The molecule has 27 heavy (non-hydrogen) atoms. The Morgan fingerprint density at radius 2 is 1.78 bits per heavy atom. The van der Waals surface area contributed by atoms with E-state index >= 15 is 0 Å². The van der Waals surface area contributed by atoms with Gasteiger partial charge in [-0.05, 0) is 50.6 Å². The number of nitrogens with one attached hydrogen (secondary N) is 1. The summed E-state index contributed by atoms with van der Waals surface area (Å²) in [6, 6.07) is 10.4. The van der Waals surface area contributed by atoms with E-state index in [1.54, 1.807) is 38.5 Å². The van der Waals surface area contributed by atoms with Crippen LogP contribution in [0.15, 0.2) is 36.4 Å². The van der Waals surface area contributed by atoms with E-state index in [9.17, 15) is 9.59 Å². The van der Waals surface area contributed by atoms with Crippen molar-refractivity contribution in [2.24, 2.45) is 0 Å². The summed E-state index contributed by atoms with van der Waals surface area (Å²) in [6.07, 6.45) is 0. The van der Waals surface area contributed by atoms with Crippen molar-refractivity contribution in [3.63, 3.8) is 0 Å². The van der Waals surface area contributed by atoms with Crippen molar-refractivity contribution in [3.8, 4) is 11.5 Å². The molecule has 0 spiro atoms. The molecule has 0 aliphatic carbocycles. The molecule has 144 valence electrons. The highest BCUT2D eigenvalue weighted by molar-refractivity contribution is 5.92. The molecule has 1 N–H and O–H groups in total. The van der Waals surface area contributed by atoms with Gasteiger partial charge < -0.3 is 19.5 Å². The van der Waals surface area contributed by atoms with Crippen molar-refractivity contribution in [1.29, 1.82) is 0 Å². The molecule has 1 atom stereocenters. The molecule has 0 bridgehead atoms. The number of esters is 1.